The number of methoxy groups -OCH3 is 1. The molecule has 30 heavy (non-hydrogen) atoms. The molecule has 0 bridgehead atoms. The summed E-state index contributed by atoms with van der Waals surface area (Å²) in [6.07, 6.45) is 2.19. The van der Waals surface area contributed by atoms with Crippen LogP contribution in [0.1, 0.15) is 18.4 Å². The first-order valence-corrected chi connectivity index (χ1v) is 11.9. The maximum atomic E-state index is 12.3. The fourth-order valence-electron chi connectivity index (χ4n) is 3.71. The molecule has 1 fully saturated rings. The van der Waals surface area contributed by atoms with Crippen LogP contribution < -0.4 is 20.3 Å². The van der Waals surface area contributed by atoms with E-state index < -0.39 is 10.8 Å². The molecule has 0 aromatic heterocycles. The minimum Gasteiger partial charge on any atom is -0.495 e. The molecule has 3 rings (SSSR count). The number of anilines is 1. The number of nitrogens with zero attached hydrogens (tertiary/aromatic N) is 2. The van der Waals surface area contributed by atoms with Gasteiger partial charge in [0.2, 0.25) is 0 Å². The Bertz CT molecular complexity index is 844. The highest BCUT2D eigenvalue weighted by Gasteiger charge is 2.22. The summed E-state index contributed by atoms with van der Waals surface area (Å²) in [5.74, 6) is 2.85. The van der Waals surface area contributed by atoms with Crippen LogP contribution in [0.2, 0.25) is 0 Å². The zero-order chi connectivity index (χ0) is 21.2. The SMILES string of the molecule is CN=C(NCCS(=O)Cc1ccccc1)NC1CCCN(c2ccccc2OC)C1. The van der Waals surface area contributed by atoms with Crippen LogP contribution in [0.15, 0.2) is 59.6 Å². The van der Waals surface area contributed by atoms with E-state index in [0.717, 1.165) is 48.9 Å². The number of para-hydroxylation sites is 2. The number of guanidine groups is 1. The molecule has 0 saturated carbocycles. The first kappa shape index (κ1) is 22.2. The summed E-state index contributed by atoms with van der Waals surface area (Å²) in [5.41, 5.74) is 2.24. The Balaban J connectivity index is 1.46. The summed E-state index contributed by atoms with van der Waals surface area (Å²) in [6, 6.07) is 18.4. The molecule has 1 heterocycles. The van der Waals surface area contributed by atoms with Gasteiger partial charge in [0, 0.05) is 55.0 Å². The second-order valence-corrected chi connectivity index (χ2v) is 8.95. The van der Waals surface area contributed by atoms with E-state index in [0.29, 0.717) is 24.1 Å². The molecule has 1 saturated heterocycles. The van der Waals surface area contributed by atoms with Crippen molar-refractivity contribution >= 4 is 22.4 Å². The molecular weight excluding hydrogens is 396 g/mol. The second kappa shape index (κ2) is 11.6. The molecule has 0 spiro atoms. The van der Waals surface area contributed by atoms with Gasteiger partial charge < -0.3 is 20.3 Å². The lowest BCUT2D eigenvalue weighted by molar-refractivity contribution is 0.408. The van der Waals surface area contributed by atoms with Crippen molar-refractivity contribution in [3.05, 3.63) is 60.2 Å². The molecule has 0 radical (unpaired) electrons. The van der Waals surface area contributed by atoms with Crippen LogP contribution in [-0.2, 0) is 16.6 Å². The molecule has 2 aromatic carbocycles. The van der Waals surface area contributed by atoms with E-state index in [1.165, 1.54) is 0 Å². The highest BCUT2D eigenvalue weighted by atomic mass is 32.2. The lowest BCUT2D eigenvalue weighted by Crippen LogP contribution is -2.51. The Morgan fingerprint density at radius 1 is 1.20 bits per heavy atom. The minimum atomic E-state index is -0.898. The topological polar surface area (TPSA) is 66.0 Å². The number of hydrogen-bond acceptors (Lipinski definition) is 4. The van der Waals surface area contributed by atoms with Gasteiger partial charge in [-0.3, -0.25) is 9.20 Å². The van der Waals surface area contributed by atoms with Crippen molar-refractivity contribution in [3.8, 4) is 5.75 Å². The zero-order valence-electron chi connectivity index (χ0n) is 17.8. The van der Waals surface area contributed by atoms with Crippen molar-refractivity contribution in [3.63, 3.8) is 0 Å². The fourth-order valence-corrected chi connectivity index (χ4v) is 4.75. The minimum absolute atomic E-state index is 0.296. The first-order valence-electron chi connectivity index (χ1n) is 10.4. The average molecular weight is 429 g/mol. The van der Waals surface area contributed by atoms with Gasteiger partial charge in [-0.05, 0) is 30.5 Å². The monoisotopic (exact) mass is 428 g/mol. The summed E-state index contributed by atoms with van der Waals surface area (Å²) in [5, 5.41) is 6.84. The van der Waals surface area contributed by atoms with Crippen LogP contribution in [0, 0.1) is 0 Å². The first-order chi connectivity index (χ1) is 14.7. The highest BCUT2D eigenvalue weighted by molar-refractivity contribution is 7.84. The lowest BCUT2D eigenvalue weighted by atomic mass is 10.0. The van der Waals surface area contributed by atoms with Gasteiger partial charge in [0.1, 0.15) is 5.75 Å². The number of benzene rings is 2. The number of rotatable bonds is 8. The van der Waals surface area contributed by atoms with E-state index in [4.69, 9.17) is 4.74 Å². The summed E-state index contributed by atoms with van der Waals surface area (Å²) >= 11 is 0. The van der Waals surface area contributed by atoms with Gasteiger partial charge in [0.25, 0.3) is 0 Å². The molecule has 6 nitrogen and oxygen atoms in total. The van der Waals surface area contributed by atoms with Gasteiger partial charge in [-0.2, -0.15) is 0 Å². The third kappa shape index (κ3) is 6.49. The molecule has 2 N–H and O–H groups in total. The summed E-state index contributed by atoms with van der Waals surface area (Å²) < 4.78 is 17.9. The largest absolute Gasteiger partial charge is 0.495 e. The van der Waals surface area contributed by atoms with E-state index in [-0.39, 0.29) is 0 Å². The Morgan fingerprint density at radius 3 is 2.73 bits per heavy atom. The van der Waals surface area contributed by atoms with Crippen molar-refractivity contribution in [1.82, 2.24) is 10.6 Å². The van der Waals surface area contributed by atoms with Crippen LogP contribution in [0.5, 0.6) is 5.75 Å². The van der Waals surface area contributed by atoms with Crippen molar-refractivity contribution < 1.29 is 8.95 Å². The number of ether oxygens (including phenoxy) is 1. The highest BCUT2D eigenvalue weighted by Crippen LogP contribution is 2.29. The van der Waals surface area contributed by atoms with Crippen LogP contribution >= 0.6 is 0 Å². The zero-order valence-corrected chi connectivity index (χ0v) is 18.7. The van der Waals surface area contributed by atoms with Crippen molar-refractivity contribution in [1.29, 1.82) is 0 Å². The molecule has 0 amide bonds. The Morgan fingerprint density at radius 2 is 1.97 bits per heavy atom. The van der Waals surface area contributed by atoms with Gasteiger partial charge in [-0.15, -0.1) is 0 Å². The smallest absolute Gasteiger partial charge is 0.191 e. The average Bonchev–Trinajstić information content (AvgIpc) is 2.79. The van der Waals surface area contributed by atoms with Gasteiger partial charge in [0.05, 0.1) is 12.8 Å². The van der Waals surface area contributed by atoms with Crippen LogP contribution in [0.3, 0.4) is 0 Å². The third-order valence-corrected chi connectivity index (χ3v) is 6.52. The van der Waals surface area contributed by atoms with Crippen LogP contribution in [0.4, 0.5) is 5.69 Å². The van der Waals surface area contributed by atoms with Gasteiger partial charge in [-0.25, -0.2) is 0 Å². The molecule has 2 aromatic rings. The van der Waals surface area contributed by atoms with Gasteiger partial charge >= 0.3 is 0 Å². The molecule has 0 aliphatic carbocycles. The standard InChI is InChI=1S/C23H32N4O2S/c1-24-23(25-14-16-30(28)18-19-9-4-3-5-10-19)26-20-11-8-15-27(17-20)21-12-6-7-13-22(21)29-2/h3-7,9-10,12-13,20H,8,11,14-18H2,1-2H3,(H2,24,25,26). The van der Waals surface area contributed by atoms with Gasteiger partial charge in [-0.1, -0.05) is 42.5 Å². The van der Waals surface area contributed by atoms with Crippen molar-refractivity contribution in [2.24, 2.45) is 4.99 Å². The number of piperidine rings is 1. The quantitative estimate of drug-likeness (QED) is 0.500. The maximum absolute atomic E-state index is 12.3. The van der Waals surface area contributed by atoms with Crippen molar-refractivity contribution in [2.75, 3.05) is 44.4 Å². The Hall–Kier alpha value is -2.54. The Kier molecular flexibility index (Phi) is 8.56. The predicted molar refractivity (Wildman–Crippen MR) is 126 cm³/mol. The Labute approximate surface area is 182 Å². The van der Waals surface area contributed by atoms with E-state index in [2.05, 4.69) is 26.6 Å². The fraction of sp³-hybridized carbons (Fsp3) is 0.435. The molecular formula is C23H32N4O2S. The number of nitrogens with one attached hydrogen (secondary N) is 2. The summed E-state index contributed by atoms with van der Waals surface area (Å²) in [7, 11) is 2.59. The van der Waals surface area contributed by atoms with E-state index in [1.807, 2.05) is 48.5 Å². The van der Waals surface area contributed by atoms with E-state index >= 15 is 0 Å². The van der Waals surface area contributed by atoms with Crippen LogP contribution in [-0.4, -0.2) is 55.8 Å². The molecule has 2 atom stereocenters. The van der Waals surface area contributed by atoms with E-state index in [9.17, 15) is 4.21 Å². The number of hydrogen-bond donors (Lipinski definition) is 2. The molecule has 1 aliphatic heterocycles. The van der Waals surface area contributed by atoms with E-state index in [1.54, 1.807) is 14.2 Å². The summed E-state index contributed by atoms with van der Waals surface area (Å²) in [6.45, 7) is 2.53. The maximum Gasteiger partial charge on any atom is 0.191 e. The lowest BCUT2D eigenvalue weighted by Gasteiger charge is -2.36. The normalized spacial score (nSPS) is 18.0. The molecule has 1 aliphatic rings. The second-order valence-electron chi connectivity index (χ2n) is 7.37. The summed E-state index contributed by atoms with van der Waals surface area (Å²) in [4.78, 5) is 6.71. The number of aliphatic imine (C=N–C) groups is 1. The predicted octanol–water partition coefficient (Wildman–Crippen LogP) is 2.78. The van der Waals surface area contributed by atoms with Crippen LogP contribution in [0.25, 0.3) is 0 Å². The third-order valence-electron chi connectivity index (χ3n) is 5.20. The van der Waals surface area contributed by atoms with Gasteiger partial charge in [0.15, 0.2) is 5.96 Å². The molecule has 162 valence electrons. The molecule has 2 unspecified atom stereocenters. The molecule has 7 heteroatoms. The van der Waals surface area contributed by atoms with Crippen molar-refractivity contribution in [2.45, 2.75) is 24.6 Å².